The number of para-hydroxylation sites is 1. The molecule has 10 heteroatoms. The van der Waals surface area contributed by atoms with Gasteiger partial charge in [-0.25, -0.2) is 24.4 Å². The molecule has 0 amide bonds. The number of carbonyl (C=O) groups is 1. The van der Waals surface area contributed by atoms with Gasteiger partial charge in [-0.05, 0) is 29.8 Å². The molecule has 0 saturated carbocycles. The Hall–Kier alpha value is -4.60. The van der Waals surface area contributed by atoms with Crippen LogP contribution in [0.2, 0.25) is 0 Å². The maximum absolute atomic E-state index is 10.9. The van der Waals surface area contributed by atoms with Crippen molar-refractivity contribution in [2.75, 3.05) is 5.43 Å². The molecular formula is C20H14N8O2. The number of anilines is 1. The third-order valence-corrected chi connectivity index (χ3v) is 4.56. The van der Waals surface area contributed by atoms with Crippen LogP contribution in [0.5, 0.6) is 0 Å². The van der Waals surface area contributed by atoms with Gasteiger partial charge in [0, 0.05) is 0 Å². The summed E-state index contributed by atoms with van der Waals surface area (Å²) in [6.07, 6.45) is 6.32. The molecule has 5 aromatic rings. The van der Waals surface area contributed by atoms with Crippen LogP contribution in [-0.2, 0) is 0 Å². The maximum Gasteiger partial charge on any atom is 0.335 e. The van der Waals surface area contributed by atoms with E-state index in [1.54, 1.807) is 35.6 Å². The highest BCUT2D eigenvalue weighted by molar-refractivity contribution is 5.91. The molecular weight excluding hydrogens is 384 g/mol. The van der Waals surface area contributed by atoms with Crippen molar-refractivity contribution in [3.8, 4) is 5.69 Å². The van der Waals surface area contributed by atoms with Gasteiger partial charge in [0.25, 0.3) is 0 Å². The highest BCUT2D eigenvalue weighted by Crippen LogP contribution is 2.25. The number of hydrazone groups is 1. The van der Waals surface area contributed by atoms with E-state index in [2.05, 4.69) is 35.6 Å². The molecule has 2 aromatic carbocycles. The molecule has 0 aliphatic carbocycles. The van der Waals surface area contributed by atoms with Crippen molar-refractivity contribution in [3.05, 3.63) is 72.4 Å². The fourth-order valence-electron chi connectivity index (χ4n) is 3.11. The minimum absolute atomic E-state index is 0.219. The number of aromatic nitrogens is 6. The van der Waals surface area contributed by atoms with Crippen molar-refractivity contribution in [2.45, 2.75) is 0 Å². The first-order chi connectivity index (χ1) is 14.7. The van der Waals surface area contributed by atoms with Gasteiger partial charge in [0.2, 0.25) is 0 Å². The molecule has 3 aromatic heterocycles. The highest BCUT2D eigenvalue weighted by atomic mass is 16.4. The van der Waals surface area contributed by atoms with Crippen molar-refractivity contribution in [2.24, 2.45) is 5.10 Å². The summed E-state index contributed by atoms with van der Waals surface area (Å²) in [4.78, 5) is 27.0. The van der Waals surface area contributed by atoms with Crippen LogP contribution in [0.1, 0.15) is 15.9 Å². The van der Waals surface area contributed by atoms with Gasteiger partial charge in [-0.1, -0.05) is 18.2 Å². The van der Waals surface area contributed by atoms with Crippen molar-refractivity contribution in [1.82, 2.24) is 29.7 Å². The van der Waals surface area contributed by atoms with E-state index >= 15 is 0 Å². The van der Waals surface area contributed by atoms with Crippen molar-refractivity contribution in [3.63, 3.8) is 0 Å². The number of nitrogens with zero attached hydrogens (tertiary/aromatic N) is 6. The lowest BCUT2D eigenvalue weighted by Crippen LogP contribution is -2.00. The number of carboxylic acids is 1. The number of carboxylic acid groups (broad SMARTS) is 1. The maximum atomic E-state index is 10.9. The van der Waals surface area contributed by atoms with E-state index in [0.29, 0.717) is 16.9 Å². The van der Waals surface area contributed by atoms with Gasteiger partial charge in [-0.3, -0.25) is 5.43 Å². The molecule has 3 N–H and O–H groups in total. The Balaban J connectivity index is 1.45. The first-order valence-electron chi connectivity index (χ1n) is 8.94. The van der Waals surface area contributed by atoms with E-state index in [4.69, 9.17) is 5.11 Å². The molecule has 0 fully saturated rings. The Kier molecular flexibility index (Phi) is 4.14. The van der Waals surface area contributed by atoms with Gasteiger partial charge in [-0.2, -0.15) is 10.2 Å². The number of aromatic carboxylic acids is 1. The van der Waals surface area contributed by atoms with Gasteiger partial charge in [0.1, 0.15) is 11.8 Å². The molecule has 0 radical (unpaired) electrons. The SMILES string of the molecule is O=C(O)c1ccc(/C=N\Nc2ncnc3c2cnn3-c2cccc3[nH]cnc23)cc1. The quantitative estimate of drug-likeness (QED) is 0.306. The van der Waals surface area contributed by atoms with Crippen LogP contribution in [0.15, 0.2) is 66.4 Å². The molecule has 146 valence electrons. The van der Waals surface area contributed by atoms with Crippen LogP contribution in [0.3, 0.4) is 0 Å². The van der Waals surface area contributed by atoms with E-state index in [9.17, 15) is 4.79 Å². The van der Waals surface area contributed by atoms with E-state index in [-0.39, 0.29) is 5.56 Å². The van der Waals surface area contributed by atoms with Crippen molar-refractivity contribution in [1.29, 1.82) is 0 Å². The third kappa shape index (κ3) is 3.02. The van der Waals surface area contributed by atoms with E-state index in [0.717, 1.165) is 22.3 Å². The summed E-state index contributed by atoms with van der Waals surface area (Å²) in [5.41, 5.74) is 6.98. The average Bonchev–Trinajstić information content (AvgIpc) is 3.41. The lowest BCUT2D eigenvalue weighted by atomic mass is 10.1. The second kappa shape index (κ2) is 7.09. The molecule has 10 nitrogen and oxygen atoms in total. The lowest BCUT2D eigenvalue weighted by molar-refractivity contribution is 0.0697. The molecule has 0 aliphatic heterocycles. The number of fused-ring (bicyclic) bond motifs is 2. The molecule has 0 spiro atoms. The second-order valence-corrected chi connectivity index (χ2v) is 6.39. The Morgan fingerprint density at radius 3 is 2.83 bits per heavy atom. The van der Waals surface area contributed by atoms with Crippen molar-refractivity contribution < 1.29 is 9.90 Å². The number of aromatic amines is 1. The summed E-state index contributed by atoms with van der Waals surface area (Å²) in [7, 11) is 0. The molecule has 0 bridgehead atoms. The summed E-state index contributed by atoms with van der Waals surface area (Å²) in [6, 6.07) is 12.2. The molecule has 30 heavy (non-hydrogen) atoms. The minimum Gasteiger partial charge on any atom is -0.478 e. The molecule has 0 unspecified atom stereocenters. The Morgan fingerprint density at radius 1 is 1.13 bits per heavy atom. The van der Waals surface area contributed by atoms with E-state index in [1.807, 2.05) is 18.2 Å². The fraction of sp³-hybridized carbons (Fsp3) is 0. The predicted octanol–water partition coefficient (Wildman–Crippen LogP) is 2.84. The van der Waals surface area contributed by atoms with Gasteiger partial charge >= 0.3 is 5.97 Å². The van der Waals surface area contributed by atoms with Crippen LogP contribution in [-0.4, -0.2) is 47.0 Å². The van der Waals surface area contributed by atoms with Crippen LogP contribution in [0.4, 0.5) is 5.82 Å². The zero-order chi connectivity index (χ0) is 20.5. The summed E-state index contributed by atoms with van der Waals surface area (Å²) in [5, 5.41) is 18.3. The minimum atomic E-state index is -0.970. The van der Waals surface area contributed by atoms with Crippen LogP contribution >= 0.6 is 0 Å². The molecule has 0 atom stereocenters. The largest absolute Gasteiger partial charge is 0.478 e. The number of benzene rings is 2. The van der Waals surface area contributed by atoms with Crippen LogP contribution in [0.25, 0.3) is 27.8 Å². The topological polar surface area (TPSA) is 134 Å². The molecule has 5 rings (SSSR count). The lowest BCUT2D eigenvalue weighted by Gasteiger charge is -2.04. The van der Waals surface area contributed by atoms with Gasteiger partial charge < -0.3 is 10.1 Å². The monoisotopic (exact) mass is 398 g/mol. The molecule has 0 aliphatic rings. The number of imidazole rings is 1. The average molecular weight is 398 g/mol. The first kappa shape index (κ1) is 17.5. The molecule has 0 saturated heterocycles. The number of H-pyrrole nitrogens is 1. The second-order valence-electron chi connectivity index (χ2n) is 6.39. The summed E-state index contributed by atoms with van der Waals surface area (Å²) in [5.74, 6) is -0.471. The number of hydrogen-bond acceptors (Lipinski definition) is 7. The summed E-state index contributed by atoms with van der Waals surface area (Å²) in [6.45, 7) is 0. The standard InChI is InChI=1S/C20H14N8O2/c29-20(30)13-6-4-12(5-7-13)8-25-27-18-14-9-26-28(19(14)24-11-23-18)16-3-1-2-15-17(16)22-10-21-15/h1-11H,(H,21,22)(H,29,30)(H,23,24,27)/b25-8-. The number of nitrogens with one attached hydrogen (secondary N) is 2. The Bertz CT molecular complexity index is 1400. The van der Waals surface area contributed by atoms with Crippen LogP contribution in [0, 0.1) is 0 Å². The van der Waals surface area contributed by atoms with Gasteiger partial charge in [0.05, 0.1) is 40.9 Å². The third-order valence-electron chi connectivity index (χ3n) is 4.56. The predicted molar refractivity (Wildman–Crippen MR) is 111 cm³/mol. The summed E-state index contributed by atoms with van der Waals surface area (Å²) < 4.78 is 1.71. The highest BCUT2D eigenvalue weighted by Gasteiger charge is 2.13. The van der Waals surface area contributed by atoms with Gasteiger partial charge in [-0.15, -0.1) is 0 Å². The number of rotatable bonds is 5. The number of hydrogen-bond donors (Lipinski definition) is 3. The Morgan fingerprint density at radius 2 is 2.00 bits per heavy atom. The fourth-order valence-corrected chi connectivity index (χ4v) is 3.11. The normalized spacial score (nSPS) is 11.5. The Labute approximate surface area is 168 Å². The van der Waals surface area contributed by atoms with Crippen molar-refractivity contribution >= 4 is 40.1 Å². The van der Waals surface area contributed by atoms with E-state index < -0.39 is 5.97 Å². The van der Waals surface area contributed by atoms with Crippen LogP contribution < -0.4 is 5.43 Å². The molecule has 3 heterocycles. The zero-order valence-electron chi connectivity index (χ0n) is 15.4. The smallest absolute Gasteiger partial charge is 0.335 e. The summed E-state index contributed by atoms with van der Waals surface area (Å²) >= 11 is 0. The van der Waals surface area contributed by atoms with Gasteiger partial charge in [0.15, 0.2) is 11.5 Å². The zero-order valence-corrected chi connectivity index (χ0v) is 15.4. The first-order valence-corrected chi connectivity index (χ1v) is 8.94. The van der Waals surface area contributed by atoms with E-state index in [1.165, 1.54) is 18.5 Å².